The molecule has 0 bridgehead atoms. The molecule has 33 heavy (non-hydrogen) atoms. The van der Waals surface area contributed by atoms with Gasteiger partial charge in [-0.15, -0.1) is 11.3 Å². The molecule has 0 atom stereocenters. The molecule has 0 saturated heterocycles. The lowest BCUT2D eigenvalue weighted by Crippen LogP contribution is -2.34. The SMILES string of the molecule is COC(=O)c1c(NC(=S)N(Cc2ccccc2)c2ccccc2)sc(C)c1-c1ccccc1. The van der Waals surface area contributed by atoms with Crippen LogP contribution in [0.15, 0.2) is 91.0 Å². The van der Waals surface area contributed by atoms with Crippen LogP contribution in [0, 0.1) is 6.92 Å². The van der Waals surface area contributed by atoms with E-state index in [-0.39, 0.29) is 0 Å². The number of thiocarbonyl (C=S) groups is 1. The molecule has 166 valence electrons. The van der Waals surface area contributed by atoms with Crippen molar-refractivity contribution in [2.75, 3.05) is 17.3 Å². The molecule has 0 aliphatic heterocycles. The van der Waals surface area contributed by atoms with Gasteiger partial charge in [0.05, 0.1) is 13.7 Å². The molecule has 0 aliphatic carbocycles. The fourth-order valence-electron chi connectivity index (χ4n) is 3.70. The van der Waals surface area contributed by atoms with Gasteiger partial charge in [-0.05, 0) is 42.4 Å². The van der Waals surface area contributed by atoms with E-state index in [1.807, 2.05) is 90.7 Å². The van der Waals surface area contributed by atoms with Gasteiger partial charge in [-0.1, -0.05) is 78.9 Å². The number of methoxy groups -OCH3 is 1. The molecular weight excluding hydrogens is 448 g/mol. The highest BCUT2D eigenvalue weighted by Gasteiger charge is 2.25. The monoisotopic (exact) mass is 472 g/mol. The summed E-state index contributed by atoms with van der Waals surface area (Å²) in [5.41, 5.74) is 4.43. The third kappa shape index (κ3) is 5.13. The first-order valence-corrected chi connectivity index (χ1v) is 11.8. The van der Waals surface area contributed by atoms with E-state index in [0.29, 0.717) is 22.2 Å². The van der Waals surface area contributed by atoms with Gasteiger partial charge >= 0.3 is 5.97 Å². The van der Waals surface area contributed by atoms with Crippen LogP contribution in [0.1, 0.15) is 20.8 Å². The predicted octanol–water partition coefficient (Wildman–Crippen LogP) is 6.91. The Hall–Kier alpha value is -3.48. The number of nitrogens with one attached hydrogen (secondary N) is 1. The first-order chi connectivity index (χ1) is 16.1. The third-order valence-electron chi connectivity index (χ3n) is 5.25. The standard InChI is InChI=1S/C27H24N2O2S2/c1-19-23(21-14-8-4-9-15-21)24(26(30)31-2)25(33-19)28-27(32)29(22-16-10-5-11-17-22)18-20-12-6-3-7-13-20/h3-17H,18H2,1-2H3,(H,28,32). The number of aryl methyl sites for hydroxylation is 1. The van der Waals surface area contributed by atoms with Crippen molar-refractivity contribution in [3.05, 3.63) is 107 Å². The van der Waals surface area contributed by atoms with Crippen molar-refractivity contribution in [3.63, 3.8) is 0 Å². The summed E-state index contributed by atoms with van der Waals surface area (Å²) >= 11 is 7.36. The molecule has 0 aliphatic rings. The van der Waals surface area contributed by atoms with Gasteiger partial charge in [0.2, 0.25) is 0 Å². The fourth-order valence-corrected chi connectivity index (χ4v) is 5.10. The minimum Gasteiger partial charge on any atom is -0.465 e. The van der Waals surface area contributed by atoms with Crippen LogP contribution in [0.25, 0.3) is 11.1 Å². The van der Waals surface area contributed by atoms with Gasteiger partial charge < -0.3 is 15.0 Å². The summed E-state index contributed by atoms with van der Waals surface area (Å²) in [6.07, 6.45) is 0. The number of anilines is 2. The topological polar surface area (TPSA) is 41.6 Å². The maximum atomic E-state index is 12.8. The Morgan fingerprint density at radius 3 is 2.12 bits per heavy atom. The summed E-state index contributed by atoms with van der Waals surface area (Å²) in [6.45, 7) is 2.60. The summed E-state index contributed by atoms with van der Waals surface area (Å²) in [5, 5.41) is 4.54. The molecule has 1 heterocycles. The van der Waals surface area contributed by atoms with Gasteiger partial charge in [0.1, 0.15) is 10.6 Å². The zero-order chi connectivity index (χ0) is 23.2. The lowest BCUT2D eigenvalue weighted by molar-refractivity contribution is 0.0603. The molecule has 1 aromatic heterocycles. The number of nitrogens with zero attached hydrogens (tertiary/aromatic N) is 1. The molecule has 4 rings (SSSR count). The van der Waals surface area contributed by atoms with Crippen molar-refractivity contribution in [2.24, 2.45) is 0 Å². The van der Waals surface area contributed by atoms with Crippen molar-refractivity contribution in [1.29, 1.82) is 0 Å². The molecule has 0 saturated carbocycles. The minimum absolute atomic E-state index is 0.391. The second-order valence-corrected chi connectivity index (χ2v) is 9.04. The fraction of sp³-hybridized carbons (Fsp3) is 0.111. The van der Waals surface area contributed by atoms with Crippen molar-refractivity contribution < 1.29 is 9.53 Å². The first-order valence-electron chi connectivity index (χ1n) is 10.5. The lowest BCUT2D eigenvalue weighted by Gasteiger charge is -2.26. The summed E-state index contributed by atoms with van der Waals surface area (Å²) in [6, 6.07) is 30.0. The van der Waals surface area contributed by atoms with Gasteiger partial charge in [0.15, 0.2) is 5.11 Å². The van der Waals surface area contributed by atoms with Crippen LogP contribution in [0.4, 0.5) is 10.7 Å². The van der Waals surface area contributed by atoms with E-state index in [0.717, 1.165) is 27.3 Å². The van der Waals surface area contributed by atoms with Crippen LogP contribution in [0.3, 0.4) is 0 Å². The Bertz CT molecular complexity index is 1240. The highest BCUT2D eigenvalue weighted by molar-refractivity contribution is 7.80. The molecular formula is C27H24N2O2S2. The molecule has 0 fully saturated rings. The summed E-state index contributed by atoms with van der Waals surface area (Å²) < 4.78 is 5.15. The zero-order valence-electron chi connectivity index (χ0n) is 18.4. The summed E-state index contributed by atoms with van der Waals surface area (Å²) in [4.78, 5) is 15.9. The van der Waals surface area contributed by atoms with E-state index in [4.69, 9.17) is 17.0 Å². The van der Waals surface area contributed by atoms with E-state index in [1.165, 1.54) is 18.4 Å². The van der Waals surface area contributed by atoms with Gasteiger partial charge in [0.25, 0.3) is 0 Å². The average Bonchev–Trinajstić information content (AvgIpc) is 3.19. The van der Waals surface area contributed by atoms with Crippen molar-refractivity contribution in [2.45, 2.75) is 13.5 Å². The number of carbonyl (C=O) groups excluding carboxylic acids is 1. The van der Waals surface area contributed by atoms with Gasteiger partial charge in [-0.3, -0.25) is 0 Å². The second kappa shape index (κ2) is 10.4. The van der Waals surface area contributed by atoms with Gasteiger partial charge in [-0.2, -0.15) is 0 Å². The molecule has 0 spiro atoms. The summed E-state index contributed by atoms with van der Waals surface area (Å²) in [5.74, 6) is -0.391. The predicted molar refractivity (Wildman–Crippen MR) is 141 cm³/mol. The van der Waals surface area contributed by atoms with Crippen molar-refractivity contribution in [3.8, 4) is 11.1 Å². The molecule has 0 amide bonds. The number of rotatable bonds is 6. The van der Waals surface area contributed by atoms with Crippen LogP contribution >= 0.6 is 23.6 Å². The Morgan fingerprint density at radius 2 is 1.52 bits per heavy atom. The molecule has 0 radical (unpaired) electrons. The van der Waals surface area contributed by atoms with E-state index in [9.17, 15) is 4.79 Å². The Morgan fingerprint density at radius 1 is 0.939 bits per heavy atom. The van der Waals surface area contributed by atoms with Gasteiger partial charge in [0, 0.05) is 16.1 Å². The zero-order valence-corrected chi connectivity index (χ0v) is 20.1. The number of benzene rings is 3. The van der Waals surface area contributed by atoms with E-state index in [2.05, 4.69) is 17.4 Å². The highest BCUT2D eigenvalue weighted by Crippen LogP contribution is 2.40. The average molecular weight is 473 g/mol. The normalized spacial score (nSPS) is 10.5. The number of hydrogen-bond donors (Lipinski definition) is 1. The quantitative estimate of drug-likeness (QED) is 0.244. The third-order valence-corrected chi connectivity index (χ3v) is 6.60. The molecule has 1 N–H and O–H groups in total. The molecule has 6 heteroatoms. The molecule has 4 aromatic rings. The van der Waals surface area contributed by atoms with Crippen molar-refractivity contribution in [1.82, 2.24) is 0 Å². The maximum Gasteiger partial charge on any atom is 0.341 e. The Labute approximate surface area is 203 Å². The van der Waals surface area contributed by atoms with E-state index >= 15 is 0 Å². The van der Waals surface area contributed by atoms with Crippen LogP contribution in [-0.4, -0.2) is 18.2 Å². The van der Waals surface area contributed by atoms with Crippen LogP contribution in [-0.2, 0) is 11.3 Å². The number of hydrogen-bond acceptors (Lipinski definition) is 4. The Kier molecular flexibility index (Phi) is 7.17. The number of ether oxygens (including phenoxy) is 1. The second-order valence-electron chi connectivity index (χ2n) is 7.43. The maximum absolute atomic E-state index is 12.8. The van der Waals surface area contributed by atoms with Crippen LogP contribution < -0.4 is 10.2 Å². The first kappa shape index (κ1) is 22.7. The Balaban J connectivity index is 1.72. The van der Waals surface area contributed by atoms with Crippen LogP contribution in [0.2, 0.25) is 0 Å². The summed E-state index contributed by atoms with van der Waals surface area (Å²) in [7, 11) is 1.40. The van der Waals surface area contributed by atoms with Crippen LogP contribution in [0.5, 0.6) is 0 Å². The molecule has 0 unspecified atom stereocenters. The minimum atomic E-state index is -0.391. The van der Waals surface area contributed by atoms with E-state index in [1.54, 1.807) is 0 Å². The highest BCUT2D eigenvalue weighted by atomic mass is 32.1. The van der Waals surface area contributed by atoms with E-state index < -0.39 is 5.97 Å². The lowest BCUT2D eigenvalue weighted by atomic mass is 10.0. The number of carbonyl (C=O) groups is 1. The van der Waals surface area contributed by atoms with Gasteiger partial charge in [-0.25, -0.2) is 4.79 Å². The largest absolute Gasteiger partial charge is 0.465 e. The number of para-hydroxylation sites is 1. The number of thiophene rings is 1. The smallest absolute Gasteiger partial charge is 0.341 e. The molecule has 3 aromatic carbocycles. The van der Waals surface area contributed by atoms with Crippen molar-refractivity contribution >= 4 is 45.3 Å². The number of esters is 1. The molecule has 4 nitrogen and oxygen atoms in total.